The maximum atomic E-state index is 14.0. The molecule has 1 aliphatic heterocycles. The van der Waals surface area contributed by atoms with Crippen LogP contribution in [0.15, 0.2) is 45.3 Å². The Morgan fingerprint density at radius 2 is 0.792 bits per heavy atom. The molecule has 1 aromatic rings. The lowest BCUT2D eigenvalue weighted by Gasteiger charge is -2.26. The Morgan fingerprint density at radius 3 is 1.13 bits per heavy atom. The number of aliphatic imine (C=N–C) groups is 3. The molecule has 0 radical (unpaired) electrons. The van der Waals surface area contributed by atoms with Gasteiger partial charge < -0.3 is 66.7 Å². The van der Waals surface area contributed by atoms with Crippen LogP contribution in [0.25, 0.3) is 0 Å². The second-order valence-electron chi connectivity index (χ2n) is 12.6. The van der Waals surface area contributed by atoms with Crippen LogP contribution in [-0.4, -0.2) is 104 Å². The first-order valence-corrected chi connectivity index (χ1v) is 17.7. The maximum absolute atomic E-state index is 14.0. The molecular weight excluding hydrogens is 686 g/mol. The fraction of sp³-hybridized carbons (Fsp3) is 0.576. The average molecular weight is 744 g/mol. The largest absolute Gasteiger partial charge is 0.370 e. The van der Waals surface area contributed by atoms with Gasteiger partial charge in [-0.1, -0.05) is 30.3 Å². The van der Waals surface area contributed by atoms with Crippen LogP contribution in [0.1, 0.15) is 63.4 Å². The van der Waals surface area contributed by atoms with Crippen molar-refractivity contribution >= 4 is 47.4 Å². The number of nitrogens with one attached hydrogen (secondary N) is 5. The van der Waals surface area contributed by atoms with Crippen LogP contribution in [0.2, 0.25) is 0 Å². The lowest BCUT2D eigenvalue weighted by molar-refractivity contribution is -0.134. The van der Waals surface area contributed by atoms with E-state index in [1.807, 2.05) is 6.07 Å². The molecule has 1 heterocycles. The monoisotopic (exact) mass is 743 g/mol. The van der Waals surface area contributed by atoms with E-state index in [-0.39, 0.29) is 82.5 Å². The zero-order valence-electron chi connectivity index (χ0n) is 30.1. The first-order valence-electron chi connectivity index (χ1n) is 17.7. The predicted molar refractivity (Wildman–Crippen MR) is 202 cm³/mol. The van der Waals surface area contributed by atoms with Crippen molar-refractivity contribution in [2.24, 2.45) is 55.1 Å². The van der Waals surface area contributed by atoms with E-state index in [0.717, 1.165) is 5.56 Å². The highest BCUT2D eigenvalue weighted by Gasteiger charge is 2.34. The number of nitrogens with zero attached hydrogens (tertiary/aromatic N) is 3. The molecule has 0 aromatic heterocycles. The first kappa shape index (κ1) is 43.5. The molecule has 1 aromatic carbocycles. The highest BCUT2D eigenvalue weighted by Crippen LogP contribution is 2.11. The van der Waals surface area contributed by atoms with Gasteiger partial charge in [0.05, 0.1) is 0 Å². The number of guanidine groups is 3. The summed E-state index contributed by atoms with van der Waals surface area (Å²) in [7, 11) is 0. The van der Waals surface area contributed by atoms with E-state index >= 15 is 0 Å². The van der Waals surface area contributed by atoms with Gasteiger partial charge in [-0.25, -0.2) is 0 Å². The Balaban J connectivity index is 2.61. The number of carbonyl (C=O) groups excluding carboxylic acids is 5. The molecule has 0 aliphatic carbocycles. The molecule has 1 aliphatic rings. The SMILES string of the molecule is NCCCC[C@H]1NC(=O)[C@H](CCCN=C(N)N)NC(=O)[C@H](Cc2ccccc2)NC(=O)[C@H](CCCN=C(N)N)NC(=O)[C@H](CCCN=C(N)N)NC1=O. The van der Waals surface area contributed by atoms with Gasteiger partial charge in [0.15, 0.2) is 17.9 Å². The molecule has 2 rings (SSSR count). The highest BCUT2D eigenvalue weighted by atomic mass is 16.2. The Bertz CT molecular complexity index is 1430. The second-order valence-corrected chi connectivity index (χ2v) is 12.6. The van der Waals surface area contributed by atoms with E-state index in [1.54, 1.807) is 24.3 Å². The minimum absolute atomic E-state index is 0.0601. The first-order chi connectivity index (χ1) is 25.3. The zero-order valence-corrected chi connectivity index (χ0v) is 30.1. The number of nitrogens with two attached hydrogens (primary N) is 7. The van der Waals surface area contributed by atoms with Gasteiger partial charge in [0.1, 0.15) is 30.2 Å². The number of amides is 5. The predicted octanol–water partition coefficient (Wildman–Crippen LogP) is -4.04. The molecule has 53 heavy (non-hydrogen) atoms. The van der Waals surface area contributed by atoms with E-state index in [4.69, 9.17) is 40.1 Å². The molecule has 0 bridgehead atoms. The van der Waals surface area contributed by atoms with Gasteiger partial charge in [-0.3, -0.25) is 38.9 Å². The number of carbonyl (C=O) groups is 5. The second kappa shape index (κ2) is 23.7. The topological polar surface area (TPSA) is 365 Å². The molecule has 0 unspecified atom stereocenters. The normalized spacial score (nSPS) is 21.3. The lowest BCUT2D eigenvalue weighted by atomic mass is 10.0. The number of benzene rings is 1. The Kier molecular flexibility index (Phi) is 19.5. The van der Waals surface area contributed by atoms with Crippen LogP contribution in [0, 0.1) is 0 Å². The smallest absolute Gasteiger partial charge is 0.243 e. The molecular formula is C33H57N15O5. The minimum atomic E-state index is -1.17. The maximum Gasteiger partial charge on any atom is 0.243 e. The Morgan fingerprint density at radius 1 is 0.472 bits per heavy atom. The highest BCUT2D eigenvalue weighted by molar-refractivity contribution is 5.98. The standard InChI is InChI=1S/C33H57N15O5/c34-15-5-4-11-21-26(49)45-22(12-6-16-41-31(35)36)27(50)46-24(14-8-18-43-33(39)40)29(52)48-25(19-20-9-2-1-3-10-20)30(53)47-23(28(51)44-21)13-7-17-42-32(37)38/h1-3,9-10,21-25H,4-8,11-19,34H2,(H,44,51)(H,45,49)(H,46,50)(H,47,53)(H,48,52)(H4,35,36,41)(H4,37,38,42)(H4,39,40,43)/t21-,22+,23+,24+,25+/m1/s1. The molecule has 0 saturated carbocycles. The van der Waals surface area contributed by atoms with Crippen molar-refractivity contribution in [3.05, 3.63) is 35.9 Å². The molecule has 5 amide bonds. The van der Waals surface area contributed by atoms with E-state index in [1.165, 1.54) is 0 Å². The summed E-state index contributed by atoms with van der Waals surface area (Å²) < 4.78 is 0. The third-order valence-electron chi connectivity index (χ3n) is 8.23. The van der Waals surface area contributed by atoms with Crippen molar-refractivity contribution < 1.29 is 24.0 Å². The fourth-order valence-corrected chi connectivity index (χ4v) is 5.50. The minimum Gasteiger partial charge on any atom is -0.370 e. The van der Waals surface area contributed by atoms with Crippen LogP contribution in [0.3, 0.4) is 0 Å². The van der Waals surface area contributed by atoms with Crippen molar-refractivity contribution in [3.63, 3.8) is 0 Å². The molecule has 1 saturated heterocycles. The van der Waals surface area contributed by atoms with Crippen LogP contribution in [0.4, 0.5) is 0 Å². The molecule has 1 fully saturated rings. The summed E-state index contributed by atoms with van der Waals surface area (Å²) in [6.45, 7) is 0.853. The number of hydrogen-bond acceptors (Lipinski definition) is 9. The van der Waals surface area contributed by atoms with E-state index in [2.05, 4.69) is 41.6 Å². The summed E-state index contributed by atoms with van der Waals surface area (Å²) in [6.07, 6.45) is 2.43. The molecule has 294 valence electrons. The average Bonchev–Trinajstić information content (AvgIpc) is 3.10. The Hall–Kier alpha value is -5.66. The molecule has 19 N–H and O–H groups in total. The van der Waals surface area contributed by atoms with E-state index in [0.29, 0.717) is 25.8 Å². The van der Waals surface area contributed by atoms with E-state index in [9.17, 15) is 24.0 Å². The molecule has 0 spiro atoms. The zero-order chi connectivity index (χ0) is 39.2. The van der Waals surface area contributed by atoms with Crippen molar-refractivity contribution in [2.75, 3.05) is 26.2 Å². The number of rotatable bonds is 18. The Labute approximate surface area is 309 Å². The fourth-order valence-electron chi connectivity index (χ4n) is 5.50. The van der Waals surface area contributed by atoms with Crippen LogP contribution in [0.5, 0.6) is 0 Å². The summed E-state index contributed by atoms with van der Waals surface area (Å²) in [5.41, 5.74) is 39.2. The van der Waals surface area contributed by atoms with Gasteiger partial charge >= 0.3 is 0 Å². The van der Waals surface area contributed by atoms with Crippen LogP contribution >= 0.6 is 0 Å². The van der Waals surface area contributed by atoms with Crippen LogP contribution < -0.4 is 66.7 Å². The van der Waals surface area contributed by atoms with Gasteiger partial charge in [0.2, 0.25) is 29.5 Å². The summed E-state index contributed by atoms with van der Waals surface area (Å²) in [4.78, 5) is 81.3. The summed E-state index contributed by atoms with van der Waals surface area (Å²) >= 11 is 0. The van der Waals surface area contributed by atoms with Crippen molar-refractivity contribution in [2.45, 2.75) is 94.4 Å². The lowest BCUT2D eigenvalue weighted by Crippen LogP contribution is -2.58. The van der Waals surface area contributed by atoms with Gasteiger partial charge in [0, 0.05) is 26.1 Å². The molecule has 20 nitrogen and oxygen atoms in total. The summed E-state index contributed by atoms with van der Waals surface area (Å²) in [6, 6.07) is 3.23. The third-order valence-corrected chi connectivity index (χ3v) is 8.23. The number of hydrogen-bond donors (Lipinski definition) is 12. The summed E-state index contributed by atoms with van der Waals surface area (Å²) in [5, 5.41) is 13.8. The quantitative estimate of drug-likeness (QED) is 0.0388. The summed E-state index contributed by atoms with van der Waals surface area (Å²) in [5.74, 6) is -3.71. The van der Waals surface area contributed by atoms with E-state index < -0.39 is 59.7 Å². The van der Waals surface area contributed by atoms with Crippen molar-refractivity contribution in [1.29, 1.82) is 0 Å². The van der Waals surface area contributed by atoms with Gasteiger partial charge in [-0.15, -0.1) is 0 Å². The van der Waals surface area contributed by atoms with Gasteiger partial charge in [-0.2, -0.15) is 0 Å². The molecule has 20 heteroatoms. The van der Waals surface area contributed by atoms with Crippen molar-refractivity contribution in [1.82, 2.24) is 26.6 Å². The molecule has 5 atom stereocenters. The van der Waals surface area contributed by atoms with Crippen molar-refractivity contribution in [3.8, 4) is 0 Å². The number of unbranched alkanes of at least 4 members (excludes halogenated alkanes) is 1. The van der Waals surface area contributed by atoms with Crippen LogP contribution in [-0.2, 0) is 30.4 Å². The third kappa shape index (κ3) is 17.4. The van der Waals surface area contributed by atoms with Gasteiger partial charge in [-0.05, 0) is 69.9 Å². The van der Waals surface area contributed by atoms with Gasteiger partial charge in [0.25, 0.3) is 0 Å².